The van der Waals surface area contributed by atoms with E-state index in [1.54, 1.807) is 11.8 Å². The van der Waals surface area contributed by atoms with Crippen LogP contribution in [0.3, 0.4) is 0 Å². The van der Waals surface area contributed by atoms with Gasteiger partial charge in [0.2, 0.25) is 0 Å². The lowest BCUT2D eigenvalue weighted by Crippen LogP contribution is -2.47. The van der Waals surface area contributed by atoms with Crippen molar-refractivity contribution < 1.29 is 14.4 Å². The maximum absolute atomic E-state index is 13.0. The molecule has 2 aliphatic heterocycles. The van der Waals surface area contributed by atoms with Crippen molar-refractivity contribution in [3.63, 3.8) is 0 Å². The lowest BCUT2D eigenvalue weighted by atomic mass is 9.99. The Morgan fingerprint density at radius 2 is 2.00 bits per heavy atom. The first-order chi connectivity index (χ1) is 13.3. The number of amides is 3. The summed E-state index contributed by atoms with van der Waals surface area (Å²) in [5.41, 5.74) is 3.60. The Hall–Kier alpha value is -2.54. The number of aromatic nitrogens is 1. The van der Waals surface area contributed by atoms with Crippen LogP contribution in [-0.2, 0) is 4.79 Å². The van der Waals surface area contributed by atoms with Gasteiger partial charge in [-0.2, -0.15) is 11.8 Å². The average molecular weight is 398 g/mol. The van der Waals surface area contributed by atoms with E-state index in [4.69, 9.17) is 0 Å². The molecule has 1 aromatic carbocycles. The van der Waals surface area contributed by atoms with Crippen LogP contribution in [0.4, 0.5) is 4.79 Å². The van der Waals surface area contributed by atoms with E-state index in [0.29, 0.717) is 17.7 Å². The van der Waals surface area contributed by atoms with Crippen molar-refractivity contribution in [3.8, 4) is 5.69 Å². The lowest BCUT2D eigenvalue weighted by Gasteiger charge is -2.19. The van der Waals surface area contributed by atoms with Gasteiger partial charge in [-0.1, -0.05) is 12.1 Å². The predicted octanol–water partition coefficient (Wildman–Crippen LogP) is 3.01. The molecule has 3 amide bonds. The smallest absolute Gasteiger partial charge is 0.322 e. The quantitative estimate of drug-likeness (QED) is 0.636. The molecule has 1 spiro atoms. The summed E-state index contributed by atoms with van der Waals surface area (Å²) in [4.78, 5) is 39.2. The molecule has 0 aliphatic carbocycles. The largest absolute Gasteiger partial charge is 0.325 e. The van der Waals surface area contributed by atoms with Crippen molar-refractivity contribution >= 4 is 29.5 Å². The minimum absolute atomic E-state index is 0.224. The van der Waals surface area contributed by atoms with E-state index in [2.05, 4.69) is 11.4 Å². The van der Waals surface area contributed by atoms with Gasteiger partial charge in [0.15, 0.2) is 5.78 Å². The number of thioether (sulfide) groups is 1. The molecule has 1 N–H and O–H groups in total. The van der Waals surface area contributed by atoms with Gasteiger partial charge in [-0.3, -0.25) is 14.5 Å². The van der Waals surface area contributed by atoms with Gasteiger partial charge in [0.25, 0.3) is 5.91 Å². The van der Waals surface area contributed by atoms with E-state index >= 15 is 0 Å². The molecular weight excluding hydrogens is 374 g/mol. The Bertz CT molecular complexity index is 989. The molecule has 146 valence electrons. The second-order valence-electron chi connectivity index (χ2n) is 7.59. The van der Waals surface area contributed by atoms with Crippen molar-refractivity contribution in [3.05, 3.63) is 52.8 Å². The number of carbonyl (C=O) groups excluding carboxylic acids is 3. The van der Waals surface area contributed by atoms with Crippen molar-refractivity contribution in [2.75, 3.05) is 18.1 Å². The van der Waals surface area contributed by atoms with Crippen LogP contribution in [0.2, 0.25) is 0 Å². The number of rotatable bonds is 4. The van der Waals surface area contributed by atoms with E-state index in [1.165, 1.54) is 0 Å². The third-order valence-corrected chi connectivity index (χ3v) is 6.75. The Morgan fingerprint density at radius 1 is 1.21 bits per heavy atom. The number of nitrogens with one attached hydrogen (secondary N) is 1. The Balaban J connectivity index is 1.60. The molecule has 0 radical (unpaired) electrons. The number of imide groups is 1. The summed E-state index contributed by atoms with van der Waals surface area (Å²) < 4.78 is 2.03. The van der Waals surface area contributed by atoms with E-state index < -0.39 is 11.6 Å². The zero-order chi connectivity index (χ0) is 20.1. The number of benzene rings is 1. The molecule has 6 nitrogen and oxygen atoms in total. The van der Waals surface area contributed by atoms with Crippen LogP contribution >= 0.6 is 11.8 Å². The molecule has 4 rings (SSSR count). The van der Waals surface area contributed by atoms with Crippen molar-refractivity contribution in [1.82, 2.24) is 14.8 Å². The summed E-state index contributed by atoms with van der Waals surface area (Å²) in [5, 5.41) is 2.81. The second kappa shape index (κ2) is 6.81. The topological polar surface area (TPSA) is 71.4 Å². The van der Waals surface area contributed by atoms with Gasteiger partial charge >= 0.3 is 6.03 Å². The molecule has 28 heavy (non-hydrogen) atoms. The molecule has 7 heteroatoms. The normalized spacial score (nSPS) is 21.6. The molecule has 2 saturated heterocycles. The van der Waals surface area contributed by atoms with Crippen LogP contribution in [0, 0.1) is 20.8 Å². The van der Waals surface area contributed by atoms with Gasteiger partial charge < -0.3 is 9.88 Å². The van der Waals surface area contributed by atoms with Crippen LogP contribution in [0.5, 0.6) is 0 Å². The van der Waals surface area contributed by atoms with Gasteiger partial charge in [0.05, 0.1) is 6.54 Å². The summed E-state index contributed by atoms with van der Waals surface area (Å²) in [6, 6.07) is 9.44. The van der Waals surface area contributed by atoms with Crippen LogP contribution in [-0.4, -0.2) is 50.8 Å². The number of hydrogen-bond acceptors (Lipinski definition) is 4. The summed E-state index contributed by atoms with van der Waals surface area (Å²) in [7, 11) is 0. The van der Waals surface area contributed by atoms with Gasteiger partial charge in [-0.15, -0.1) is 0 Å². The van der Waals surface area contributed by atoms with Crippen molar-refractivity contribution in [1.29, 1.82) is 0 Å². The van der Waals surface area contributed by atoms with E-state index in [1.807, 2.05) is 49.6 Å². The second-order valence-corrected chi connectivity index (χ2v) is 8.69. The minimum atomic E-state index is -0.819. The summed E-state index contributed by atoms with van der Waals surface area (Å²) in [6.45, 7) is 5.64. The highest BCUT2D eigenvalue weighted by Crippen LogP contribution is 2.33. The monoisotopic (exact) mass is 397 g/mol. The van der Waals surface area contributed by atoms with E-state index in [-0.39, 0.29) is 18.2 Å². The number of Topliss-reactive ketones (excluding diaryl/α,β-unsaturated/α-hetero) is 1. The van der Waals surface area contributed by atoms with Crippen LogP contribution in [0.15, 0.2) is 30.3 Å². The number of ketones is 1. The highest BCUT2D eigenvalue weighted by molar-refractivity contribution is 7.99. The number of urea groups is 1. The third kappa shape index (κ3) is 2.94. The number of aryl methyl sites for hydroxylation is 2. The molecular formula is C21H23N3O3S. The standard InChI is InChI=1S/C21H23N3O3S/c1-13-5-4-6-16(9-13)24-14(2)10-17(15(24)3)18(25)11-23-19(26)21(22-20(23)27)7-8-28-12-21/h4-6,9-10H,7-8,11-12H2,1-3H3,(H,22,27)/t21-/m1/s1. The molecule has 0 saturated carbocycles. The third-order valence-electron chi connectivity index (χ3n) is 5.56. The fraction of sp³-hybridized carbons (Fsp3) is 0.381. The fourth-order valence-electron chi connectivity index (χ4n) is 4.09. The molecule has 2 aliphatic rings. The van der Waals surface area contributed by atoms with Gasteiger partial charge in [0.1, 0.15) is 5.54 Å². The van der Waals surface area contributed by atoms with Gasteiger partial charge in [-0.05, 0) is 56.7 Å². The summed E-state index contributed by atoms with van der Waals surface area (Å²) in [6.07, 6.45) is 0.620. The summed E-state index contributed by atoms with van der Waals surface area (Å²) >= 11 is 1.65. The molecule has 0 bridgehead atoms. The molecule has 0 unspecified atom stereocenters. The SMILES string of the molecule is Cc1cccc(-n2c(C)cc(C(=O)CN3C(=O)N[C@@]4(CCSC4)C3=O)c2C)c1. The van der Waals surface area contributed by atoms with Gasteiger partial charge in [0, 0.05) is 28.4 Å². The highest BCUT2D eigenvalue weighted by atomic mass is 32.2. The van der Waals surface area contributed by atoms with E-state index in [0.717, 1.165) is 33.3 Å². The lowest BCUT2D eigenvalue weighted by molar-refractivity contribution is -0.130. The Kier molecular flexibility index (Phi) is 4.57. The van der Waals surface area contributed by atoms with Crippen LogP contribution < -0.4 is 5.32 Å². The number of nitrogens with zero attached hydrogens (tertiary/aromatic N) is 2. The molecule has 1 aromatic heterocycles. The minimum Gasteiger partial charge on any atom is -0.322 e. The first-order valence-electron chi connectivity index (χ1n) is 9.33. The maximum atomic E-state index is 13.0. The summed E-state index contributed by atoms with van der Waals surface area (Å²) in [5.74, 6) is 0.914. The Morgan fingerprint density at radius 3 is 2.68 bits per heavy atom. The molecule has 1 atom stereocenters. The number of hydrogen-bond donors (Lipinski definition) is 1. The van der Waals surface area contributed by atoms with Crippen molar-refractivity contribution in [2.24, 2.45) is 0 Å². The zero-order valence-electron chi connectivity index (χ0n) is 16.2. The fourth-order valence-corrected chi connectivity index (χ4v) is 5.42. The Labute approximate surface area is 168 Å². The van der Waals surface area contributed by atoms with Crippen LogP contribution in [0.25, 0.3) is 5.69 Å². The zero-order valence-corrected chi connectivity index (χ0v) is 17.1. The number of carbonyl (C=O) groups is 3. The first kappa shape index (κ1) is 18.8. The van der Waals surface area contributed by atoms with Gasteiger partial charge in [-0.25, -0.2) is 4.79 Å². The highest BCUT2D eigenvalue weighted by Gasteiger charge is 2.53. The average Bonchev–Trinajstić information content (AvgIpc) is 3.29. The maximum Gasteiger partial charge on any atom is 0.325 e. The first-order valence-corrected chi connectivity index (χ1v) is 10.5. The van der Waals surface area contributed by atoms with E-state index in [9.17, 15) is 14.4 Å². The van der Waals surface area contributed by atoms with Crippen molar-refractivity contribution in [2.45, 2.75) is 32.7 Å². The molecule has 2 fully saturated rings. The van der Waals surface area contributed by atoms with Crippen LogP contribution in [0.1, 0.15) is 33.7 Å². The molecule has 3 heterocycles. The molecule has 2 aromatic rings. The predicted molar refractivity (Wildman–Crippen MR) is 109 cm³/mol.